The maximum absolute atomic E-state index is 5.44. The van der Waals surface area contributed by atoms with E-state index in [1.165, 1.54) is 4.88 Å². The van der Waals surface area contributed by atoms with Crippen LogP contribution in [0.5, 0.6) is 0 Å². The van der Waals surface area contributed by atoms with Gasteiger partial charge in [-0.15, -0.1) is 11.3 Å². The maximum atomic E-state index is 5.44. The molecule has 2 unspecified atom stereocenters. The highest BCUT2D eigenvalue weighted by atomic mass is 32.1. The number of thiophene rings is 1. The fourth-order valence-corrected chi connectivity index (χ4v) is 2.84. The summed E-state index contributed by atoms with van der Waals surface area (Å²) in [5, 5.41) is 9.31. The largest absolute Gasteiger partial charge is 0.379 e. The lowest BCUT2D eigenvalue weighted by molar-refractivity contribution is 0.185. The van der Waals surface area contributed by atoms with E-state index in [1.807, 2.05) is 13.1 Å². The van der Waals surface area contributed by atoms with Crippen molar-refractivity contribution in [1.29, 1.82) is 0 Å². The number of rotatable bonds is 4. The Morgan fingerprint density at radius 3 is 3.22 bits per heavy atom. The van der Waals surface area contributed by atoms with E-state index in [4.69, 9.17) is 9.26 Å². The van der Waals surface area contributed by atoms with Crippen LogP contribution in [0.2, 0.25) is 0 Å². The molecule has 0 radical (unpaired) electrons. The number of aromatic nitrogens is 2. The number of nitrogens with zero attached hydrogens (tertiary/aromatic N) is 2. The van der Waals surface area contributed by atoms with Crippen molar-refractivity contribution in [2.24, 2.45) is 0 Å². The fraction of sp³-hybridized carbons (Fsp3) is 0.500. The molecule has 1 N–H and O–H groups in total. The van der Waals surface area contributed by atoms with Crippen LogP contribution in [0.25, 0.3) is 0 Å². The summed E-state index contributed by atoms with van der Waals surface area (Å²) < 4.78 is 10.8. The lowest BCUT2D eigenvalue weighted by Gasteiger charge is -2.11. The summed E-state index contributed by atoms with van der Waals surface area (Å²) in [6.45, 7) is 1.34. The number of hydrogen-bond donors (Lipinski definition) is 1. The zero-order valence-corrected chi connectivity index (χ0v) is 10.9. The summed E-state index contributed by atoms with van der Waals surface area (Å²) >= 11 is 1.71. The first-order valence-electron chi connectivity index (χ1n) is 5.96. The van der Waals surface area contributed by atoms with Gasteiger partial charge in [0.05, 0.1) is 19.1 Å². The van der Waals surface area contributed by atoms with Gasteiger partial charge in [0.15, 0.2) is 5.82 Å². The van der Waals surface area contributed by atoms with Crippen molar-refractivity contribution in [3.05, 3.63) is 34.1 Å². The molecule has 1 fully saturated rings. The minimum atomic E-state index is 0.166. The Labute approximate surface area is 109 Å². The Kier molecular flexibility index (Phi) is 3.40. The summed E-state index contributed by atoms with van der Waals surface area (Å²) in [5.74, 6) is 1.59. The minimum absolute atomic E-state index is 0.166. The highest BCUT2D eigenvalue weighted by Gasteiger charge is 2.32. The molecule has 0 bridgehead atoms. The SMILES string of the molecule is CNC1COCC1c1nc(Cc2cccs2)no1. The second-order valence-electron chi connectivity index (χ2n) is 4.34. The van der Waals surface area contributed by atoms with E-state index in [1.54, 1.807) is 11.3 Å². The van der Waals surface area contributed by atoms with Gasteiger partial charge >= 0.3 is 0 Å². The monoisotopic (exact) mass is 265 g/mol. The summed E-state index contributed by atoms with van der Waals surface area (Å²) in [6.07, 6.45) is 0.735. The maximum Gasteiger partial charge on any atom is 0.233 e. The summed E-state index contributed by atoms with van der Waals surface area (Å²) in [6, 6.07) is 4.37. The Morgan fingerprint density at radius 1 is 1.50 bits per heavy atom. The minimum Gasteiger partial charge on any atom is -0.379 e. The van der Waals surface area contributed by atoms with Crippen LogP contribution in [-0.4, -0.2) is 36.4 Å². The molecule has 2 atom stereocenters. The second-order valence-corrected chi connectivity index (χ2v) is 5.38. The van der Waals surface area contributed by atoms with Gasteiger partial charge in [0, 0.05) is 17.3 Å². The molecule has 1 aliphatic rings. The highest BCUT2D eigenvalue weighted by Crippen LogP contribution is 2.24. The second kappa shape index (κ2) is 5.17. The van der Waals surface area contributed by atoms with Crippen LogP contribution in [0.3, 0.4) is 0 Å². The number of nitrogens with one attached hydrogen (secondary N) is 1. The predicted octanol–water partition coefficient (Wildman–Crippen LogP) is 1.42. The van der Waals surface area contributed by atoms with Crippen LogP contribution in [0.1, 0.15) is 22.5 Å². The van der Waals surface area contributed by atoms with E-state index in [0.717, 1.165) is 12.2 Å². The first kappa shape index (κ1) is 11.8. The predicted molar refractivity (Wildman–Crippen MR) is 67.8 cm³/mol. The molecule has 1 saturated heterocycles. The topological polar surface area (TPSA) is 60.2 Å². The van der Waals surface area contributed by atoms with Gasteiger partial charge < -0.3 is 14.6 Å². The Bertz CT molecular complexity index is 497. The first-order valence-corrected chi connectivity index (χ1v) is 6.84. The molecule has 18 heavy (non-hydrogen) atoms. The van der Waals surface area contributed by atoms with Gasteiger partial charge in [0.25, 0.3) is 0 Å². The van der Waals surface area contributed by atoms with E-state index in [2.05, 4.69) is 26.9 Å². The number of hydrogen-bond acceptors (Lipinski definition) is 6. The van der Waals surface area contributed by atoms with Gasteiger partial charge in [-0.1, -0.05) is 11.2 Å². The summed E-state index contributed by atoms with van der Waals surface area (Å²) in [5.41, 5.74) is 0. The Hall–Kier alpha value is -1.24. The van der Waals surface area contributed by atoms with Gasteiger partial charge in [-0.05, 0) is 18.5 Å². The van der Waals surface area contributed by atoms with Crippen molar-refractivity contribution in [3.63, 3.8) is 0 Å². The molecule has 3 heterocycles. The average molecular weight is 265 g/mol. The Balaban J connectivity index is 1.73. The third kappa shape index (κ3) is 2.31. The van der Waals surface area contributed by atoms with Crippen LogP contribution < -0.4 is 5.32 Å². The molecule has 0 aliphatic carbocycles. The van der Waals surface area contributed by atoms with Crippen molar-refractivity contribution in [2.75, 3.05) is 20.3 Å². The summed E-state index contributed by atoms with van der Waals surface area (Å²) in [7, 11) is 1.93. The molecule has 0 saturated carbocycles. The van der Waals surface area contributed by atoms with Crippen LogP contribution in [-0.2, 0) is 11.2 Å². The number of ether oxygens (including phenoxy) is 1. The molecular formula is C12H15N3O2S. The fourth-order valence-electron chi connectivity index (χ4n) is 2.14. The summed E-state index contributed by atoms with van der Waals surface area (Å²) in [4.78, 5) is 5.72. The standard InChI is InChI=1S/C12H15N3O2S/c1-13-10-7-16-6-9(10)12-14-11(15-17-12)5-8-3-2-4-18-8/h2-4,9-10,13H,5-7H2,1H3. The quantitative estimate of drug-likeness (QED) is 0.906. The van der Waals surface area contributed by atoms with Crippen LogP contribution in [0.4, 0.5) is 0 Å². The van der Waals surface area contributed by atoms with Gasteiger partial charge in [0.1, 0.15) is 0 Å². The first-order chi connectivity index (χ1) is 8.86. The van der Waals surface area contributed by atoms with Crippen LogP contribution >= 0.6 is 11.3 Å². The van der Waals surface area contributed by atoms with Gasteiger partial charge in [0.2, 0.25) is 5.89 Å². The Morgan fingerprint density at radius 2 is 2.44 bits per heavy atom. The molecule has 3 rings (SSSR count). The molecule has 0 aromatic carbocycles. The van der Waals surface area contributed by atoms with E-state index in [0.29, 0.717) is 19.1 Å². The van der Waals surface area contributed by atoms with Crippen molar-refractivity contribution in [2.45, 2.75) is 18.4 Å². The molecule has 6 heteroatoms. The van der Waals surface area contributed by atoms with Crippen LogP contribution in [0.15, 0.2) is 22.0 Å². The molecule has 2 aromatic heterocycles. The molecule has 0 amide bonds. The highest BCUT2D eigenvalue weighted by molar-refractivity contribution is 7.09. The molecule has 0 spiro atoms. The molecular weight excluding hydrogens is 250 g/mol. The normalized spacial score (nSPS) is 23.6. The zero-order chi connectivity index (χ0) is 12.4. The number of likely N-dealkylation sites (N-methyl/N-ethyl adjacent to an activating group) is 1. The molecule has 96 valence electrons. The smallest absolute Gasteiger partial charge is 0.233 e. The van der Waals surface area contributed by atoms with E-state index in [-0.39, 0.29) is 12.0 Å². The van der Waals surface area contributed by atoms with Gasteiger partial charge in [-0.2, -0.15) is 4.98 Å². The third-order valence-electron chi connectivity index (χ3n) is 3.16. The van der Waals surface area contributed by atoms with E-state index < -0.39 is 0 Å². The van der Waals surface area contributed by atoms with E-state index in [9.17, 15) is 0 Å². The van der Waals surface area contributed by atoms with Crippen molar-refractivity contribution in [3.8, 4) is 0 Å². The third-order valence-corrected chi connectivity index (χ3v) is 4.04. The molecule has 5 nitrogen and oxygen atoms in total. The lowest BCUT2D eigenvalue weighted by atomic mass is 10.0. The van der Waals surface area contributed by atoms with Crippen molar-refractivity contribution in [1.82, 2.24) is 15.5 Å². The van der Waals surface area contributed by atoms with Gasteiger partial charge in [-0.3, -0.25) is 0 Å². The van der Waals surface area contributed by atoms with Crippen molar-refractivity contribution >= 4 is 11.3 Å². The zero-order valence-electron chi connectivity index (χ0n) is 10.1. The van der Waals surface area contributed by atoms with Gasteiger partial charge in [-0.25, -0.2) is 0 Å². The molecule has 1 aliphatic heterocycles. The van der Waals surface area contributed by atoms with Crippen molar-refractivity contribution < 1.29 is 9.26 Å². The lowest BCUT2D eigenvalue weighted by Crippen LogP contribution is -2.31. The van der Waals surface area contributed by atoms with E-state index >= 15 is 0 Å². The van der Waals surface area contributed by atoms with Crippen LogP contribution in [0, 0.1) is 0 Å². The average Bonchev–Trinajstić information content (AvgIpc) is 3.09. The molecule has 2 aromatic rings.